The SMILES string of the molecule is CCCNC(c1c(OC)cnn1C)C(OC)C(C)(C)C. The van der Waals surface area contributed by atoms with E-state index in [1.54, 1.807) is 20.4 Å². The fourth-order valence-corrected chi connectivity index (χ4v) is 2.58. The van der Waals surface area contributed by atoms with E-state index in [2.05, 4.69) is 38.1 Å². The molecular weight excluding hydrogens is 254 g/mol. The zero-order chi connectivity index (χ0) is 15.3. The van der Waals surface area contributed by atoms with Gasteiger partial charge in [-0.2, -0.15) is 5.10 Å². The Labute approximate surface area is 122 Å². The lowest BCUT2D eigenvalue weighted by Crippen LogP contribution is -2.42. The summed E-state index contributed by atoms with van der Waals surface area (Å²) in [4.78, 5) is 0. The second-order valence-electron chi connectivity index (χ2n) is 6.18. The fourth-order valence-electron chi connectivity index (χ4n) is 2.58. The number of rotatable bonds is 7. The van der Waals surface area contributed by atoms with Crippen molar-refractivity contribution in [3.63, 3.8) is 0 Å². The van der Waals surface area contributed by atoms with Crippen LogP contribution in [0.1, 0.15) is 45.9 Å². The van der Waals surface area contributed by atoms with Gasteiger partial charge in [-0.1, -0.05) is 27.7 Å². The zero-order valence-electron chi connectivity index (χ0n) is 13.9. The molecule has 1 N–H and O–H groups in total. The van der Waals surface area contributed by atoms with Crippen LogP contribution in [-0.4, -0.2) is 36.6 Å². The van der Waals surface area contributed by atoms with E-state index in [1.165, 1.54) is 0 Å². The van der Waals surface area contributed by atoms with Crippen molar-refractivity contribution in [3.05, 3.63) is 11.9 Å². The van der Waals surface area contributed by atoms with Crippen LogP contribution in [0.25, 0.3) is 0 Å². The van der Waals surface area contributed by atoms with Gasteiger partial charge in [-0.15, -0.1) is 0 Å². The van der Waals surface area contributed by atoms with Crippen molar-refractivity contribution in [1.82, 2.24) is 15.1 Å². The summed E-state index contributed by atoms with van der Waals surface area (Å²) in [7, 11) is 5.38. The van der Waals surface area contributed by atoms with Gasteiger partial charge in [0.25, 0.3) is 0 Å². The molecule has 116 valence electrons. The molecule has 0 saturated carbocycles. The van der Waals surface area contributed by atoms with Crippen LogP contribution in [0, 0.1) is 5.41 Å². The van der Waals surface area contributed by atoms with Crippen LogP contribution in [-0.2, 0) is 11.8 Å². The molecule has 1 heterocycles. The third kappa shape index (κ3) is 3.73. The van der Waals surface area contributed by atoms with Gasteiger partial charge in [0.1, 0.15) is 0 Å². The molecule has 0 saturated heterocycles. The third-order valence-electron chi connectivity index (χ3n) is 3.49. The molecular formula is C15H29N3O2. The summed E-state index contributed by atoms with van der Waals surface area (Å²) in [5, 5.41) is 7.89. The number of aromatic nitrogens is 2. The molecule has 0 amide bonds. The average Bonchev–Trinajstić information content (AvgIpc) is 2.74. The molecule has 0 aromatic carbocycles. The number of hydrogen-bond acceptors (Lipinski definition) is 4. The van der Waals surface area contributed by atoms with E-state index in [0.29, 0.717) is 0 Å². The number of aryl methyl sites for hydroxylation is 1. The van der Waals surface area contributed by atoms with Crippen LogP contribution in [0.2, 0.25) is 0 Å². The van der Waals surface area contributed by atoms with Gasteiger partial charge in [0.05, 0.1) is 31.1 Å². The maximum Gasteiger partial charge on any atom is 0.161 e. The molecule has 5 nitrogen and oxygen atoms in total. The molecule has 0 aliphatic heterocycles. The Morgan fingerprint density at radius 2 is 2.00 bits per heavy atom. The second-order valence-corrected chi connectivity index (χ2v) is 6.18. The highest BCUT2D eigenvalue weighted by Crippen LogP contribution is 2.35. The maximum absolute atomic E-state index is 5.79. The smallest absolute Gasteiger partial charge is 0.161 e. The molecule has 1 aromatic heterocycles. The number of methoxy groups -OCH3 is 2. The predicted octanol–water partition coefficient (Wildman–Crippen LogP) is 2.53. The topological polar surface area (TPSA) is 48.3 Å². The summed E-state index contributed by atoms with van der Waals surface area (Å²) in [6, 6.07) is 0.0439. The number of ether oxygens (including phenoxy) is 2. The number of nitrogens with zero attached hydrogens (tertiary/aromatic N) is 2. The highest BCUT2D eigenvalue weighted by Gasteiger charge is 2.36. The molecule has 20 heavy (non-hydrogen) atoms. The van der Waals surface area contributed by atoms with E-state index in [4.69, 9.17) is 9.47 Å². The normalized spacial score (nSPS) is 15.2. The summed E-state index contributed by atoms with van der Waals surface area (Å²) in [5.41, 5.74) is 1.04. The molecule has 0 fully saturated rings. The van der Waals surface area contributed by atoms with Gasteiger partial charge in [-0.25, -0.2) is 0 Å². The molecule has 2 unspecified atom stereocenters. The summed E-state index contributed by atoms with van der Waals surface area (Å²) in [6.07, 6.45) is 2.85. The van der Waals surface area contributed by atoms with Gasteiger partial charge in [0, 0.05) is 14.2 Å². The monoisotopic (exact) mass is 283 g/mol. The first-order chi connectivity index (χ1) is 9.36. The van der Waals surface area contributed by atoms with Gasteiger partial charge >= 0.3 is 0 Å². The number of nitrogens with one attached hydrogen (secondary N) is 1. The lowest BCUT2D eigenvalue weighted by atomic mass is 9.83. The largest absolute Gasteiger partial charge is 0.493 e. The third-order valence-corrected chi connectivity index (χ3v) is 3.49. The zero-order valence-corrected chi connectivity index (χ0v) is 13.9. The first-order valence-electron chi connectivity index (χ1n) is 7.18. The van der Waals surface area contributed by atoms with Gasteiger partial charge < -0.3 is 14.8 Å². The van der Waals surface area contributed by atoms with Crippen LogP contribution < -0.4 is 10.1 Å². The molecule has 0 bridgehead atoms. The Balaban J connectivity index is 3.20. The quantitative estimate of drug-likeness (QED) is 0.835. The Hall–Kier alpha value is -1.07. The van der Waals surface area contributed by atoms with Crippen molar-refractivity contribution in [3.8, 4) is 5.75 Å². The van der Waals surface area contributed by atoms with Crippen molar-refractivity contribution in [2.75, 3.05) is 20.8 Å². The van der Waals surface area contributed by atoms with E-state index in [9.17, 15) is 0 Å². The summed E-state index contributed by atoms with van der Waals surface area (Å²) in [6.45, 7) is 9.64. The molecule has 5 heteroatoms. The van der Waals surface area contributed by atoms with E-state index in [1.807, 2.05) is 11.7 Å². The van der Waals surface area contributed by atoms with Crippen LogP contribution in [0.5, 0.6) is 5.75 Å². The van der Waals surface area contributed by atoms with E-state index < -0.39 is 0 Å². The molecule has 1 rings (SSSR count). The minimum Gasteiger partial charge on any atom is -0.493 e. The maximum atomic E-state index is 5.79. The van der Waals surface area contributed by atoms with E-state index >= 15 is 0 Å². The van der Waals surface area contributed by atoms with Crippen molar-refractivity contribution in [2.24, 2.45) is 12.5 Å². The summed E-state index contributed by atoms with van der Waals surface area (Å²) in [5.74, 6) is 0.799. The van der Waals surface area contributed by atoms with Crippen molar-refractivity contribution in [1.29, 1.82) is 0 Å². The van der Waals surface area contributed by atoms with Crippen LogP contribution in [0.3, 0.4) is 0 Å². The van der Waals surface area contributed by atoms with Gasteiger partial charge in [-0.3, -0.25) is 4.68 Å². The Bertz CT molecular complexity index is 410. The lowest BCUT2D eigenvalue weighted by Gasteiger charge is -2.36. The first-order valence-corrected chi connectivity index (χ1v) is 7.18. The van der Waals surface area contributed by atoms with Crippen molar-refractivity contribution >= 4 is 0 Å². The summed E-state index contributed by atoms with van der Waals surface area (Å²) < 4.78 is 13.1. The lowest BCUT2D eigenvalue weighted by molar-refractivity contribution is -0.0143. The minimum absolute atomic E-state index is 0.00936. The molecule has 2 atom stereocenters. The molecule has 0 aliphatic carbocycles. The molecule has 0 radical (unpaired) electrons. The first kappa shape index (κ1) is 17.0. The number of hydrogen-bond donors (Lipinski definition) is 1. The predicted molar refractivity (Wildman–Crippen MR) is 81.0 cm³/mol. The Morgan fingerprint density at radius 3 is 2.45 bits per heavy atom. The Kier molecular flexibility index (Phi) is 6.02. The fraction of sp³-hybridized carbons (Fsp3) is 0.800. The average molecular weight is 283 g/mol. The van der Waals surface area contributed by atoms with Gasteiger partial charge in [0.15, 0.2) is 5.75 Å². The van der Waals surface area contributed by atoms with Gasteiger partial charge in [0.2, 0.25) is 0 Å². The Morgan fingerprint density at radius 1 is 1.35 bits per heavy atom. The molecule has 0 aliphatic rings. The highest BCUT2D eigenvalue weighted by molar-refractivity contribution is 5.29. The second kappa shape index (κ2) is 7.09. The van der Waals surface area contributed by atoms with Crippen molar-refractivity contribution < 1.29 is 9.47 Å². The highest BCUT2D eigenvalue weighted by atomic mass is 16.5. The van der Waals surface area contributed by atoms with Crippen LogP contribution in [0.4, 0.5) is 0 Å². The van der Waals surface area contributed by atoms with E-state index in [0.717, 1.165) is 24.4 Å². The molecule has 0 spiro atoms. The van der Waals surface area contributed by atoms with Crippen LogP contribution in [0.15, 0.2) is 6.20 Å². The molecule has 1 aromatic rings. The summed E-state index contributed by atoms with van der Waals surface area (Å²) >= 11 is 0. The van der Waals surface area contributed by atoms with Crippen molar-refractivity contribution in [2.45, 2.75) is 46.3 Å². The standard InChI is InChI=1S/C15H29N3O2/c1-8-9-16-12(14(20-7)15(2,3)4)13-11(19-6)10-17-18(13)5/h10,12,14,16H,8-9H2,1-7H3. The van der Waals surface area contributed by atoms with Crippen LogP contribution >= 0.6 is 0 Å². The van der Waals surface area contributed by atoms with Gasteiger partial charge in [-0.05, 0) is 18.4 Å². The van der Waals surface area contributed by atoms with E-state index in [-0.39, 0.29) is 17.6 Å². The minimum atomic E-state index is 0.00936.